The fourth-order valence-electron chi connectivity index (χ4n) is 2.13. The molecule has 0 amide bonds. The monoisotopic (exact) mass is 183 g/mol. The number of fused-ring (bicyclic) bond motifs is 1. The topological polar surface area (TPSA) is 12.0 Å². The van der Waals surface area contributed by atoms with Crippen molar-refractivity contribution in [2.75, 3.05) is 13.1 Å². The third kappa shape index (κ3) is 1.36. The second-order valence-corrected chi connectivity index (χ2v) is 3.32. The van der Waals surface area contributed by atoms with E-state index in [-0.39, 0.29) is 18.3 Å². The summed E-state index contributed by atoms with van der Waals surface area (Å²) in [5.41, 5.74) is 0. The van der Waals surface area contributed by atoms with E-state index >= 15 is 0 Å². The highest BCUT2D eigenvalue weighted by atomic mass is 35.5. The van der Waals surface area contributed by atoms with Crippen molar-refractivity contribution in [1.82, 2.24) is 5.32 Å². The van der Waals surface area contributed by atoms with Crippen LogP contribution >= 0.6 is 12.4 Å². The molecule has 66 valence electrons. The fourth-order valence-corrected chi connectivity index (χ4v) is 2.13. The Bertz CT molecular complexity index is 142. The van der Waals surface area contributed by atoms with Gasteiger partial charge in [-0.15, -0.1) is 12.4 Å². The molecule has 0 bridgehead atoms. The minimum absolute atomic E-state index is 0. The third-order valence-electron chi connectivity index (χ3n) is 2.84. The van der Waals surface area contributed by atoms with Crippen LogP contribution in [0.3, 0.4) is 0 Å². The maximum absolute atomic E-state index is 12.1. The van der Waals surface area contributed by atoms with Crippen LogP contribution < -0.4 is 5.32 Å². The summed E-state index contributed by atoms with van der Waals surface area (Å²) in [4.78, 5) is 0. The number of rotatable bonds is 1. The second-order valence-electron chi connectivity index (χ2n) is 3.32. The van der Waals surface area contributed by atoms with Gasteiger partial charge >= 0.3 is 0 Å². The van der Waals surface area contributed by atoms with Crippen molar-refractivity contribution in [1.29, 1.82) is 0 Å². The predicted molar refractivity (Wildman–Crippen MR) is 41.2 cm³/mol. The van der Waals surface area contributed by atoms with E-state index in [1.807, 2.05) is 0 Å². The van der Waals surface area contributed by atoms with E-state index in [1.54, 1.807) is 0 Å². The van der Waals surface area contributed by atoms with Crippen LogP contribution in [0, 0.1) is 17.8 Å². The zero-order valence-corrected chi connectivity index (χ0v) is 6.91. The van der Waals surface area contributed by atoms with Gasteiger partial charge in [0, 0.05) is 5.92 Å². The largest absolute Gasteiger partial charge is 0.316 e. The van der Waals surface area contributed by atoms with Crippen LogP contribution in [-0.2, 0) is 0 Å². The number of hydrogen-bond acceptors (Lipinski definition) is 1. The fraction of sp³-hybridized carbons (Fsp3) is 1.00. The van der Waals surface area contributed by atoms with Gasteiger partial charge in [-0.2, -0.15) is 0 Å². The van der Waals surface area contributed by atoms with Crippen molar-refractivity contribution >= 4 is 12.4 Å². The summed E-state index contributed by atoms with van der Waals surface area (Å²) < 4.78 is 24.2. The van der Waals surface area contributed by atoms with Crippen molar-refractivity contribution in [3.63, 3.8) is 0 Å². The summed E-state index contributed by atoms with van der Waals surface area (Å²) in [6.45, 7) is 1.79. The van der Waals surface area contributed by atoms with Crippen LogP contribution in [0.4, 0.5) is 8.78 Å². The Labute approximate surface area is 71.0 Å². The molecule has 0 aromatic heterocycles. The summed E-state index contributed by atoms with van der Waals surface area (Å²) in [7, 11) is 0. The molecule has 4 heteroatoms. The van der Waals surface area contributed by atoms with Gasteiger partial charge in [0.25, 0.3) is 0 Å². The lowest BCUT2D eigenvalue weighted by Gasteiger charge is -2.38. The normalized spacial score (nSPS) is 41.2. The van der Waals surface area contributed by atoms with Gasteiger partial charge in [-0.1, -0.05) is 0 Å². The molecule has 2 aliphatic rings. The molecule has 1 saturated carbocycles. The van der Waals surface area contributed by atoms with E-state index in [1.165, 1.54) is 0 Å². The standard InChI is InChI=1S/C7H11F2N.ClH/c8-7(9)5-1-4-2-10-3-6(4)5;/h4-7,10H,1-3H2;1H. The summed E-state index contributed by atoms with van der Waals surface area (Å²) >= 11 is 0. The van der Waals surface area contributed by atoms with Gasteiger partial charge in [-0.25, -0.2) is 8.78 Å². The second kappa shape index (κ2) is 3.23. The molecule has 1 saturated heterocycles. The van der Waals surface area contributed by atoms with Crippen LogP contribution in [0.1, 0.15) is 6.42 Å². The van der Waals surface area contributed by atoms with Gasteiger partial charge < -0.3 is 5.32 Å². The Hall–Kier alpha value is 0.110. The number of halogens is 3. The molecule has 1 aliphatic heterocycles. The zero-order valence-electron chi connectivity index (χ0n) is 6.09. The van der Waals surface area contributed by atoms with E-state index in [0.29, 0.717) is 11.8 Å². The molecule has 2 rings (SSSR count). The van der Waals surface area contributed by atoms with Crippen LogP contribution in [0.15, 0.2) is 0 Å². The molecule has 0 radical (unpaired) electrons. The van der Waals surface area contributed by atoms with Crippen LogP contribution in [-0.4, -0.2) is 19.5 Å². The number of hydrogen-bond donors (Lipinski definition) is 1. The van der Waals surface area contributed by atoms with Crippen LogP contribution in [0.2, 0.25) is 0 Å². The molecule has 1 heterocycles. The highest BCUT2D eigenvalue weighted by Crippen LogP contribution is 2.45. The maximum atomic E-state index is 12.1. The SMILES string of the molecule is Cl.FC(F)C1CC2CNCC21. The van der Waals surface area contributed by atoms with Crippen molar-refractivity contribution in [3.05, 3.63) is 0 Å². The summed E-state index contributed by atoms with van der Waals surface area (Å²) in [5, 5.41) is 3.14. The quantitative estimate of drug-likeness (QED) is 0.650. The first-order chi connectivity index (χ1) is 4.79. The Kier molecular flexibility index (Phi) is 2.70. The number of nitrogens with one attached hydrogen (secondary N) is 1. The molecule has 0 aromatic rings. The molecule has 3 atom stereocenters. The highest BCUT2D eigenvalue weighted by molar-refractivity contribution is 5.85. The maximum Gasteiger partial charge on any atom is 0.241 e. The average molecular weight is 184 g/mol. The van der Waals surface area contributed by atoms with Gasteiger partial charge in [0.1, 0.15) is 0 Å². The van der Waals surface area contributed by atoms with Gasteiger partial charge in [0.15, 0.2) is 0 Å². The minimum Gasteiger partial charge on any atom is -0.316 e. The molecule has 0 spiro atoms. The Morgan fingerprint density at radius 3 is 2.55 bits per heavy atom. The highest BCUT2D eigenvalue weighted by Gasteiger charge is 2.47. The molecule has 3 unspecified atom stereocenters. The zero-order chi connectivity index (χ0) is 7.14. The lowest BCUT2D eigenvalue weighted by atomic mass is 9.67. The Balaban J connectivity index is 0.000000605. The molecule has 1 N–H and O–H groups in total. The van der Waals surface area contributed by atoms with Gasteiger partial charge in [0.2, 0.25) is 6.43 Å². The smallest absolute Gasteiger partial charge is 0.241 e. The molecule has 11 heavy (non-hydrogen) atoms. The first kappa shape index (κ1) is 9.20. The Morgan fingerprint density at radius 1 is 1.27 bits per heavy atom. The first-order valence-corrected chi connectivity index (χ1v) is 3.78. The average Bonchev–Trinajstić information content (AvgIpc) is 2.11. The first-order valence-electron chi connectivity index (χ1n) is 3.78. The van der Waals surface area contributed by atoms with E-state index in [9.17, 15) is 8.78 Å². The van der Waals surface area contributed by atoms with Crippen molar-refractivity contribution < 1.29 is 8.78 Å². The Morgan fingerprint density at radius 2 is 2.00 bits per heavy atom. The lowest BCUT2D eigenvalue weighted by Crippen LogP contribution is -2.39. The van der Waals surface area contributed by atoms with Crippen molar-refractivity contribution in [2.24, 2.45) is 17.8 Å². The van der Waals surface area contributed by atoms with Gasteiger partial charge in [0.05, 0.1) is 0 Å². The molecule has 0 aromatic carbocycles. The van der Waals surface area contributed by atoms with E-state index in [4.69, 9.17) is 0 Å². The van der Waals surface area contributed by atoms with Crippen molar-refractivity contribution in [2.45, 2.75) is 12.8 Å². The van der Waals surface area contributed by atoms with Gasteiger partial charge in [-0.3, -0.25) is 0 Å². The summed E-state index contributed by atoms with van der Waals surface area (Å²) in [6.07, 6.45) is -1.34. The van der Waals surface area contributed by atoms with E-state index < -0.39 is 6.43 Å². The molecular formula is C7H12ClF2N. The molecule has 1 aliphatic carbocycles. The third-order valence-corrected chi connectivity index (χ3v) is 2.84. The van der Waals surface area contributed by atoms with Crippen molar-refractivity contribution in [3.8, 4) is 0 Å². The molecule has 1 nitrogen and oxygen atoms in total. The summed E-state index contributed by atoms with van der Waals surface area (Å²) in [6, 6.07) is 0. The predicted octanol–water partition coefficient (Wildman–Crippen LogP) is 1.53. The van der Waals surface area contributed by atoms with Crippen LogP contribution in [0.5, 0.6) is 0 Å². The minimum atomic E-state index is -2.08. The van der Waals surface area contributed by atoms with E-state index in [0.717, 1.165) is 19.5 Å². The van der Waals surface area contributed by atoms with Crippen LogP contribution in [0.25, 0.3) is 0 Å². The molecular weight excluding hydrogens is 172 g/mol. The lowest BCUT2D eigenvalue weighted by molar-refractivity contribution is -0.0322. The molecule has 2 fully saturated rings. The van der Waals surface area contributed by atoms with E-state index in [2.05, 4.69) is 5.32 Å². The van der Waals surface area contributed by atoms with Gasteiger partial charge in [-0.05, 0) is 31.3 Å². The number of alkyl halides is 2. The summed E-state index contributed by atoms with van der Waals surface area (Å²) in [5.74, 6) is 0.569.